The fourth-order valence-corrected chi connectivity index (χ4v) is 9.52. The van der Waals surface area contributed by atoms with Gasteiger partial charge in [-0.1, -0.05) is 87.4 Å². The first kappa shape index (κ1) is 57.1. The number of methoxy groups -OCH3 is 2. The summed E-state index contributed by atoms with van der Waals surface area (Å²) in [7, 11) is 3.31. The normalized spacial score (nSPS) is 11.5. The van der Waals surface area contributed by atoms with Crippen LogP contribution >= 0.6 is 23.2 Å². The van der Waals surface area contributed by atoms with Crippen LogP contribution in [0, 0.1) is 0 Å². The fraction of sp³-hybridized carbons (Fsp3) is 0.464. The van der Waals surface area contributed by atoms with Gasteiger partial charge in [0.25, 0.3) is 0 Å². The van der Waals surface area contributed by atoms with Gasteiger partial charge in [0.1, 0.15) is 11.5 Å². The standard InChI is InChI=1S/C56H72Cl2N8O8/c1-73-41-19-23-47-45(33-41)55(43-21-17-39(57)31-49(43)63-47)61-27-15-11-7-3-5-9-13-25-59-51(67)35-65(37-53(69)70)29-30-66(38-54(71)72)36-52(68)60-26-14-10-6-4-8-12-16-28-62-56-44-22-18-40(58)32-50(44)64-48-24-20-42(74-2)34-46(48)56/h17-24,31-34H,3-16,25-30,35-38H2,1-2H3,(H,59,67)(H,60,68)(H,61,63)(H,62,64)(H,69,70)(H,71,72). The number of hydrogen-bond acceptors (Lipinski definition) is 12. The summed E-state index contributed by atoms with van der Waals surface area (Å²) in [5.41, 5.74) is 5.47. The summed E-state index contributed by atoms with van der Waals surface area (Å²) < 4.78 is 11.0. The van der Waals surface area contributed by atoms with Gasteiger partial charge in [0, 0.05) is 70.9 Å². The van der Waals surface area contributed by atoms with Gasteiger partial charge in [-0.05, 0) is 98.5 Å². The molecule has 6 rings (SSSR count). The highest BCUT2D eigenvalue weighted by molar-refractivity contribution is 6.32. The second-order valence-corrected chi connectivity index (χ2v) is 19.6. The number of fused-ring (bicyclic) bond motifs is 4. The van der Waals surface area contributed by atoms with Gasteiger partial charge in [0.05, 0.1) is 73.8 Å². The minimum absolute atomic E-state index is 0.104. The molecule has 6 N–H and O–H groups in total. The molecule has 74 heavy (non-hydrogen) atoms. The van der Waals surface area contributed by atoms with E-state index < -0.39 is 25.0 Å². The van der Waals surface area contributed by atoms with E-state index in [1.54, 1.807) is 14.2 Å². The predicted molar refractivity (Wildman–Crippen MR) is 297 cm³/mol. The maximum absolute atomic E-state index is 12.8. The molecule has 0 fully saturated rings. The Balaban J connectivity index is 0.796. The number of benzene rings is 4. The maximum atomic E-state index is 12.8. The summed E-state index contributed by atoms with van der Waals surface area (Å²) in [5.74, 6) is -1.26. The predicted octanol–water partition coefficient (Wildman–Crippen LogP) is 10.4. The van der Waals surface area contributed by atoms with Crippen LogP contribution in [0.15, 0.2) is 72.8 Å². The highest BCUT2D eigenvalue weighted by Gasteiger charge is 2.19. The fourth-order valence-electron chi connectivity index (χ4n) is 9.19. The van der Waals surface area contributed by atoms with E-state index in [-0.39, 0.29) is 38.0 Å². The molecule has 0 saturated heterocycles. The number of carboxylic acids is 2. The van der Waals surface area contributed by atoms with Crippen LogP contribution in [0.1, 0.15) is 89.9 Å². The van der Waals surface area contributed by atoms with Crippen LogP contribution in [-0.4, -0.2) is 133 Å². The highest BCUT2D eigenvalue weighted by atomic mass is 35.5. The zero-order valence-corrected chi connectivity index (χ0v) is 44.3. The smallest absolute Gasteiger partial charge is 0.317 e. The molecule has 0 radical (unpaired) electrons. The third-order valence-electron chi connectivity index (χ3n) is 13.0. The Morgan fingerprint density at radius 2 is 0.824 bits per heavy atom. The molecule has 2 heterocycles. The molecule has 0 unspecified atom stereocenters. The summed E-state index contributed by atoms with van der Waals surface area (Å²) >= 11 is 12.6. The van der Waals surface area contributed by atoms with Gasteiger partial charge in [0.15, 0.2) is 0 Å². The Bertz CT molecular complexity index is 2630. The van der Waals surface area contributed by atoms with Crippen molar-refractivity contribution in [3.05, 3.63) is 82.8 Å². The molecule has 0 aliphatic carbocycles. The van der Waals surface area contributed by atoms with Crippen LogP contribution in [0.5, 0.6) is 11.5 Å². The summed E-state index contributed by atoms with van der Waals surface area (Å²) in [6.07, 6.45) is 14.2. The largest absolute Gasteiger partial charge is 0.497 e. The van der Waals surface area contributed by atoms with Crippen molar-refractivity contribution in [1.82, 2.24) is 30.4 Å². The summed E-state index contributed by atoms with van der Waals surface area (Å²) in [6, 6.07) is 23.3. The second kappa shape index (κ2) is 30.2. The van der Waals surface area contributed by atoms with Crippen LogP contribution in [0.3, 0.4) is 0 Å². The molecule has 0 bridgehead atoms. The first-order valence-corrected chi connectivity index (χ1v) is 26.7. The molecule has 4 aromatic carbocycles. The lowest BCUT2D eigenvalue weighted by Gasteiger charge is -2.25. The number of aliphatic carboxylic acids is 2. The quantitative estimate of drug-likeness (QED) is 0.0162. The van der Waals surface area contributed by atoms with Crippen molar-refractivity contribution in [1.29, 1.82) is 0 Å². The molecule has 0 atom stereocenters. The average molecular weight is 1060 g/mol. The molecule has 2 aromatic heterocycles. The maximum Gasteiger partial charge on any atom is 0.317 e. The monoisotopic (exact) mass is 1050 g/mol. The molecular formula is C56H72Cl2N8O8. The van der Waals surface area contributed by atoms with E-state index in [0.717, 1.165) is 169 Å². The number of halogens is 2. The number of unbranched alkanes of at least 4 members (excludes halogenated alkanes) is 12. The molecule has 16 nitrogen and oxygen atoms in total. The number of pyridine rings is 2. The zero-order valence-electron chi connectivity index (χ0n) is 42.8. The summed E-state index contributed by atoms with van der Waals surface area (Å²) in [5, 5.41) is 37.5. The minimum Gasteiger partial charge on any atom is -0.497 e. The van der Waals surface area contributed by atoms with Crippen LogP contribution < -0.4 is 30.7 Å². The number of ether oxygens (including phenoxy) is 2. The second-order valence-electron chi connectivity index (χ2n) is 18.8. The Labute approximate surface area is 443 Å². The Kier molecular flexibility index (Phi) is 23.3. The third-order valence-corrected chi connectivity index (χ3v) is 13.5. The molecule has 6 aromatic rings. The van der Waals surface area contributed by atoms with Gasteiger partial charge in [-0.3, -0.25) is 29.0 Å². The number of anilines is 2. The van der Waals surface area contributed by atoms with E-state index in [4.69, 9.17) is 42.6 Å². The number of carbonyl (C=O) groups is 4. The lowest BCUT2D eigenvalue weighted by molar-refractivity contribution is -0.141. The Morgan fingerprint density at radius 3 is 1.19 bits per heavy atom. The van der Waals surface area contributed by atoms with Gasteiger partial charge in [0.2, 0.25) is 11.8 Å². The van der Waals surface area contributed by atoms with Gasteiger partial charge >= 0.3 is 11.9 Å². The van der Waals surface area contributed by atoms with Crippen LogP contribution in [0.2, 0.25) is 10.0 Å². The minimum atomic E-state index is -1.10. The van der Waals surface area contributed by atoms with Crippen LogP contribution in [0.25, 0.3) is 43.6 Å². The van der Waals surface area contributed by atoms with Crippen molar-refractivity contribution in [2.45, 2.75) is 89.9 Å². The molecule has 0 aliphatic heterocycles. The average Bonchev–Trinajstić information content (AvgIpc) is 3.37. The number of carboxylic acid groups (broad SMARTS) is 2. The zero-order chi connectivity index (χ0) is 52.7. The number of nitrogens with zero attached hydrogens (tertiary/aromatic N) is 4. The van der Waals surface area contributed by atoms with Crippen molar-refractivity contribution in [3.63, 3.8) is 0 Å². The molecule has 0 saturated carbocycles. The Hall–Kier alpha value is -6.20. The van der Waals surface area contributed by atoms with Crippen LogP contribution in [0.4, 0.5) is 11.4 Å². The van der Waals surface area contributed by atoms with E-state index in [2.05, 4.69) is 21.3 Å². The van der Waals surface area contributed by atoms with E-state index in [1.165, 1.54) is 9.80 Å². The van der Waals surface area contributed by atoms with Gasteiger partial charge in [-0.25, -0.2) is 9.97 Å². The van der Waals surface area contributed by atoms with Crippen molar-refractivity contribution < 1.29 is 38.9 Å². The lowest BCUT2D eigenvalue weighted by Crippen LogP contribution is -2.46. The first-order valence-electron chi connectivity index (χ1n) is 25.9. The lowest BCUT2D eigenvalue weighted by atomic mass is 10.1. The molecule has 18 heteroatoms. The van der Waals surface area contributed by atoms with E-state index >= 15 is 0 Å². The molecular weight excluding hydrogens is 984 g/mol. The topological polar surface area (TPSA) is 208 Å². The van der Waals surface area contributed by atoms with E-state index in [1.807, 2.05) is 72.8 Å². The van der Waals surface area contributed by atoms with Crippen molar-refractivity contribution in [2.75, 3.05) is 90.3 Å². The van der Waals surface area contributed by atoms with Gasteiger partial charge < -0.3 is 41.0 Å². The Morgan fingerprint density at radius 1 is 0.459 bits per heavy atom. The summed E-state index contributed by atoms with van der Waals surface area (Å²) in [4.78, 5) is 61.5. The number of hydrogen-bond donors (Lipinski definition) is 6. The molecule has 0 aliphatic rings. The van der Waals surface area contributed by atoms with Gasteiger partial charge in [-0.15, -0.1) is 0 Å². The number of rotatable bonds is 35. The SMILES string of the molecule is COc1ccc2nc3cc(Cl)ccc3c(NCCCCCCCCCNC(=O)CN(CCN(CC(=O)O)CC(=O)NCCCCCCCCCNc3c4ccc(Cl)cc4nc4ccc(OC)cc34)CC(=O)O)c2c1. The molecule has 398 valence electrons. The first-order chi connectivity index (χ1) is 35.9. The number of aromatic nitrogens is 2. The highest BCUT2D eigenvalue weighted by Crippen LogP contribution is 2.36. The molecule has 2 amide bonds. The van der Waals surface area contributed by atoms with Crippen molar-refractivity contribution >= 4 is 102 Å². The number of carbonyl (C=O) groups excluding carboxylic acids is 2. The number of amides is 2. The molecule has 0 spiro atoms. The van der Waals surface area contributed by atoms with E-state index in [0.29, 0.717) is 23.1 Å². The third kappa shape index (κ3) is 18.3. The summed E-state index contributed by atoms with van der Waals surface area (Å²) in [6.45, 7) is 1.72. The van der Waals surface area contributed by atoms with Crippen LogP contribution in [-0.2, 0) is 19.2 Å². The van der Waals surface area contributed by atoms with E-state index in [9.17, 15) is 29.4 Å². The number of nitrogens with one attached hydrogen (secondary N) is 4. The van der Waals surface area contributed by atoms with Crippen molar-refractivity contribution in [2.24, 2.45) is 0 Å². The van der Waals surface area contributed by atoms with Gasteiger partial charge in [-0.2, -0.15) is 0 Å². The van der Waals surface area contributed by atoms with Crippen molar-refractivity contribution in [3.8, 4) is 11.5 Å².